The van der Waals surface area contributed by atoms with E-state index in [1.54, 1.807) is 4.90 Å². The standard InChI is InChI=1S/C18H20ClN3O/c1-21(12-13-5-4-6-14(20)11-13)17-9-10-22(18(17)23)16-8-3-2-7-15(16)19/h2-8,11,17H,9-10,12,20H2,1H3. The molecule has 2 aromatic rings. The van der Waals surface area contributed by atoms with Crippen LogP contribution in [0, 0.1) is 0 Å². The Morgan fingerprint density at radius 1 is 1.26 bits per heavy atom. The predicted molar refractivity (Wildman–Crippen MR) is 94.5 cm³/mol. The summed E-state index contributed by atoms with van der Waals surface area (Å²) in [6, 6.07) is 15.1. The maximum absolute atomic E-state index is 12.8. The first kappa shape index (κ1) is 15.8. The Morgan fingerprint density at radius 2 is 2.04 bits per heavy atom. The largest absolute Gasteiger partial charge is 0.399 e. The molecule has 1 aliphatic rings. The molecule has 2 aromatic carbocycles. The highest BCUT2D eigenvalue weighted by Crippen LogP contribution is 2.30. The third kappa shape index (κ3) is 3.33. The molecule has 1 unspecified atom stereocenters. The summed E-state index contributed by atoms with van der Waals surface area (Å²) in [6.45, 7) is 1.38. The lowest BCUT2D eigenvalue weighted by Crippen LogP contribution is -2.39. The summed E-state index contributed by atoms with van der Waals surface area (Å²) in [4.78, 5) is 16.6. The van der Waals surface area contributed by atoms with Crippen molar-refractivity contribution >= 4 is 28.9 Å². The quantitative estimate of drug-likeness (QED) is 0.877. The van der Waals surface area contributed by atoms with Crippen LogP contribution in [0.2, 0.25) is 5.02 Å². The van der Waals surface area contributed by atoms with Crippen molar-refractivity contribution in [1.82, 2.24) is 4.90 Å². The Balaban J connectivity index is 1.72. The van der Waals surface area contributed by atoms with Gasteiger partial charge in [0.15, 0.2) is 0 Å². The number of anilines is 2. The number of benzene rings is 2. The van der Waals surface area contributed by atoms with Gasteiger partial charge in [-0.2, -0.15) is 0 Å². The number of nitrogens with two attached hydrogens (primary N) is 1. The first-order valence-corrected chi connectivity index (χ1v) is 8.04. The predicted octanol–water partition coefficient (Wildman–Crippen LogP) is 3.16. The SMILES string of the molecule is CN(Cc1cccc(N)c1)C1CCN(c2ccccc2Cl)C1=O. The van der Waals surface area contributed by atoms with Gasteiger partial charge in [0, 0.05) is 18.8 Å². The van der Waals surface area contributed by atoms with Crippen molar-refractivity contribution in [2.24, 2.45) is 0 Å². The molecular weight excluding hydrogens is 310 g/mol. The van der Waals surface area contributed by atoms with Crippen molar-refractivity contribution in [3.05, 3.63) is 59.1 Å². The third-order valence-electron chi connectivity index (χ3n) is 4.24. The van der Waals surface area contributed by atoms with Crippen LogP contribution >= 0.6 is 11.6 Å². The van der Waals surface area contributed by atoms with Gasteiger partial charge in [-0.1, -0.05) is 35.9 Å². The highest BCUT2D eigenvalue weighted by molar-refractivity contribution is 6.33. The van der Waals surface area contributed by atoms with Crippen LogP contribution in [-0.2, 0) is 11.3 Å². The zero-order valence-electron chi connectivity index (χ0n) is 13.1. The second kappa shape index (κ2) is 6.60. The van der Waals surface area contributed by atoms with Gasteiger partial charge in [0.2, 0.25) is 5.91 Å². The van der Waals surface area contributed by atoms with E-state index >= 15 is 0 Å². The smallest absolute Gasteiger partial charge is 0.244 e. The topological polar surface area (TPSA) is 49.6 Å². The minimum Gasteiger partial charge on any atom is -0.399 e. The summed E-state index contributed by atoms with van der Waals surface area (Å²) >= 11 is 6.22. The number of carbonyl (C=O) groups excluding carboxylic acids is 1. The van der Waals surface area contributed by atoms with Crippen LogP contribution in [0.5, 0.6) is 0 Å². The molecule has 0 spiro atoms. The summed E-state index contributed by atoms with van der Waals surface area (Å²) < 4.78 is 0. The Morgan fingerprint density at radius 3 is 2.78 bits per heavy atom. The Hall–Kier alpha value is -2.04. The molecule has 23 heavy (non-hydrogen) atoms. The van der Waals surface area contributed by atoms with Crippen LogP contribution in [-0.4, -0.2) is 30.4 Å². The summed E-state index contributed by atoms with van der Waals surface area (Å²) in [5.41, 5.74) is 8.46. The van der Waals surface area contributed by atoms with Crippen LogP contribution in [0.3, 0.4) is 0 Å². The molecular formula is C18H20ClN3O. The molecule has 0 saturated carbocycles. The average Bonchev–Trinajstić information content (AvgIpc) is 2.89. The highest BCUT2D eigenvalue weighted by atomic mass is 35.5. The van der Waals surface area contributed by atoms with E-state index in [2.05, 4.69) is 4.90 Å². The fourth-order valence-corrected chi connectivity index (χ4v) is 3.31. The molecule has 3 rings (SSSR count). The van der Waals surface area contributed by atoms with Crippen molar-refractivity contribution in [3.8, 4) is 0 Å². The fraction of sp³-hybridized carbons (Fsp3) is 0.278. The molecule has 4 nitrogen and oxygen atoms in total. The van der Waals surface area contributed by atoms with E-state index in [1.807, 2.05) is 55.6 Å². The Labute approximate surface area is 141 Å². The molecule has 1 heterocycles. The monoisotopic (exact) mass is 329 g/mol. The summed E-state index contributed by atoms with van der Waals surface area (Å²) in [7, 11) is 1.97. The number of nitrogens with zero attached hydrogens (tertiary/aromatic N) is 2. The summed E-state index contributed by atoms with van der Waals surface area (Å²) in [5, 5.41) is 0.611. The molecule has 0 radical (unpaired) electrons. The van der Waals surface area contributed by atoms with Gasteiger partial charge >= 0.3 is 0 Å². The number of hydrogen-bond donors (Lipinski definition) is 1. The van der Waals surface area contributed by atoms with E-state index in [9.17, 15) is 4.79 Å². The first-order valence-electron chi connectivity index (χ1n) is 7.67. The number of rotatable bonds is 4. The maximum Gasteiger partial charge on any atom is 0.244 e. The van der Waals surface area contributed by atoms with Crippen molar-refractivity contribution in [3.63, 3.8) is 0 Å². The molecule has 1 saturated heterocycles. The van der Waals surface area contributed by atoms with E-state index in [0.29, 0.717) is 18.1 Å². The zero-order valence-corrected chi connectivity index (χ0v) is 13.8. The molecule has 0 bridgehead atoms. The molecule has 1 amide bonds. The lowest BCUT2D eigenvalue weighted by atomic mass is 10.1. The van der Waals surface area contributed by atoms with Crippen LogP contribution in [0.15, 0.2) is 48.5 Å². The van der Waals surface area contributed by atoms with Crippen LogP contribution in [0.4, 0.5) is 11.4 Å². The van der Waals surface area contributed by atoms with Gasteiger partial charge in [-0.25, -0.2) is 0 Å². The van der Waals surface area contributed by atoms with E-state index in [1.165, 1.54) is 0 Å². The normalized spacial score (nSPS) is 18.0. The minimum atomic E-state index is -0.132. The van der Waals surface area contributed by atoms with Crippen molar-refractivity contribution in [2.75, 3.05) is 24.2 Å². The minimum absolute atomic E-state index is 0.101. The first-order chi connectivity index (χ1) is 11.1. The van der Waals surface area contributed by atoms with Gasteiger partial charge in [0.1, 0.15) is 0 Å². The third-order valence-corrected chi connectivity index (χ3v) is 4.56. The Bertz CT molecular complexity index is 719. The summed E-state index contributed by atoms with van der Waals surface area (Å²) in [5.74, 6) is 0.101. The van der Waals surface area contributed by atoms with Gasteiger partial charge < -0.3 is 10.6 Å². The molecule has 1 atom stereocenters. The second-order valence-corrected chi connectivity index (χ2v) is 6.31. The van der Waals surface area contributed by atoms with E-state index in [4.69, 9.17) is 17.3 Å². The fourth-order valence-electron chi connectivity index (χ4n) is 3.07. The van der Waals surface area contributed by atoms with Gasteiger partial charge in [0.25, 0.3) is 0 Å². The lowest BCUT2D eigenvalue weighted by molar-refractivity contribution is -0.121. The zero-order chi connectivity index (χ0) is 16.4. The molecule has 0 aromatic heterocycles. The summed E-state index contributed by atoms with van der Waals surface area (Å²) in [6.07, 6.45) is 0.795. The van der Waals surface area contributed by atoms with E-state index in [-0.39, 0.29) is 11.9 Å². The molecule has 120 valence electrons. The Kier molecular flexibility index (Phi) is 4.55. The van der Waals surface area contributed by atoms with Gasteiger partial charge in [-0.15, -0.1) is 0 Å². The molecule has 2 N–H and O–H groups in total. The number of likely N-dealkylation sites (N-methyl/N-ethyl adjacent to an activating group) is 1. The van der Waals surface area contributed by atoms with Crippen molar-refractivity contribution < 1.29 is 4.79 Å². The molecule has 5 heteroatoms. The number of amides is 1. The molecule has 0 aliphatic carbocycles. The number of halogens is 1. The van der Waals surface area contributed by atoms with E-state index in [0.717, 1.165) is 23.4 Å². The van der Waals surface area contributed by atoms with Gasteiger partial charge in [0.05, 0.1) is 16.8 Å². The van der Waals surface area contributed by atoms with Crippen LogP contribution < -0.4 is 10.6 Å². The van der Waals surface area contributed by atoms with Gasteiger partial charge in [-0.05, 0) is 43.3 Å². The number of hydrogen-bond acceptors (Lipinski definition) is 3. The molecule has 1 aliphatic heterocycles. The van der Waals surface area contributed by atoms with Gasteiger partial charge in [-0.3, -0.25) is 9.69 Å². The number of nitrogen functional groups attached to an aromatic ring is 1. The molecule has 1 fully saturated rings. The van der Waals surface area contributed by atoms with Crippen molar-refractivity contribution in [1.29, 1.82) is 0 Å². The highest BCUT2D eigenvalue weighted by Gasteiger charge is 2.35. The van der Waals surface area contributed by atoms with Crippen LogP contribution in [0.25, 0.3) is 0 Å². The second-order valence-electron chi connectivity index (χ2n) is 5.91. The average molecular weight is 330 g/mol. The lowest BCUT2D eigenvalue weighted by Gasteiger charge is -2.24. The number of carbonyl (C=O) groups is 1. The number of para-hydroxylation sites is 1. The maximum atomic E-state index is 12.8. The van der Waals surface area contributed by atoms with E-state index < -0.39 is 0 Å². The van der Waals surface area contributed by atoms with Crippen molar-refractivity contribution in [2.45, 2.75) is 19.0 Å². The van der Waals surface area contributed by atoms with Crippen LogP contribution in [0.1, 0.15) is 12.0 Å².